The normalized spacial score (nSPS) is 16.0. The number of carbonyl (C=O) groups excluding carboxylic acids is 2. The topological polar surface area (TPSA) is 49.4 Å². The van der Waals surface area contributed by atoms with E-state index in [4.69, 9.17) is 0 Å². The summed E-state index contributed by atoms with van der Waals surface area (Å²) in [6, 6.07) is 17.4. The molecule has 24 heavy (non-hydrogen) atoms. The molecule has 1 aliphatic rings. The summed E-state index contributed by atoms with van der Waals surface area (Å²) >= 11 is 2.64. The van der Waals surface area contributed by atoms with E-state index in [2.05, 4.69) is 5.32 Å². The van der Waals surface area contributed by atoms with E-state index in [0.717, 1.165) is 27.9 Å². The molecule has 2 aromatic rings. The highest BCUT2D eigenvalue weighted by Gasteiger charge is 2.34. The molecule has 4 nitrogen and oxygen atoms in total. The molecule has 0 saturated carbocycles. The van der Waals surface area contributed by atoms with E-state index in [1.165, 1.54) is 4.90 Å². The zero-order chi connectivity index (χ0) is 16.9. The summed E-state index contributed by atoms with van der Waals surface area (Å²) in [6.45, 7) is 0.164. The Morgan fingerprint density at radius 2 is 1.79 bits per heavy atom. The molecule has 2 amide bonds. The minimum Gasteiger partial charge on any atom is -0.367 e. The van der Waals surface area contributed by atoms with Crippen molar-refractivity contribution in [2.24, 2.45) is 0 Å². The Labute approximate surface area is 149 Å². The van der Waals surface area contributed by atoms with Crippen molar-refractivity contribution in [3.05, 3.63) is 65.1 Å². The van der Waals surface area contributed by atoms with Crippen LogP contribution >= 0.6 is 23.5 Å². The van der Waals surface area contributed by atoms with Crippen LogP contribution in [0.4, 0.5) is 10.5 Å². The molecule has 0 aromatic heterocycles. The molecule has 2 aromatic carbocycles. The third-order valence-electron chi connectivity index (χ3n) is 3.50. The van der Waals surface area contributed by atoms with E-state index in [-0.39, 0.29) is 17.8 Å². The first-order chi connectivity index (χ1) is 11.7. The number of anilines is 1. The maximum Gasteiger partial charge on any atom is 0.295 e. The number of amides is 2. The van der Waals surface area contributed by atoms with Gasteiger partial charge in [0.05, 0.1) is 11.6 Å². The number of thioether (sulfide) groups is 2. The fourth-order valence-electron chi connectivity index (χ4n) is 2.21. The van der Waals surface area contributed by atoms with E-state index < -0.39 is 0 Å². The van der Waals surface area contributed by atoms with Crippen LogP contribution < -0.4 is 5.32 Å². The second kappa shape index (κ2) is 7.59. The lowest BCUT2D eigenvalue weighted by Crippen LogP contribution is -2.33. The molecule has 1 saturated heterocycles. The molecule has 0 radical (unpaired) electrons. The molecule has 3 rings (SSSR count). The lowest BCUT2D eigenvalue weighted by atomic mass is 10.2. The Balaban J connectivity index is 1.69. The summed E-state index contributed by atoms with van der Waals surface area (Å²) in [5.41, 5.74) is 1.78. The van der Waals surface area contributed by atoms with E-state index in [1.807, 2.05) is 60.9 Å². The van der Waals surface area contributed by atoms with Gasteiger partial charge in [0.25, 0.3) is 11.1 Å². The van der Waals surface area contributed by atoms with Gasteiger partial charge < -0.3 is 5.32 Å². The highest BCUT2D eigenvalue weighted by molar-refractivity contribution is 8.18. The fraction of sp³-hybridized carbons (Fsp3) is 0.111. The summed E-state index contributed by atoms with van der Waals surface area (Å²) < 4.78 is 0. The first-order valence-electron chi connectivity index (χ1n) is 7.36. The van der Waals surface area contributed by atoms with Crippen LogP contribution in [-0.2, 0) is 4.79 Å². The molecule has 122 valence electrons. The summed E-state index contributed by atoms with van der Waals surface area (Å²) in [5.74, 6) is -0.262. The second-order valence-corrected chi connectivity index (χ2v) is 6.96. The van der Waals surface area contributed by atoms with E-state index >= 15 is 0 Å². The van der Waals surface area contributed by atoms with Gasteiger partial charge in [-0.2, -0.15) is 0 Å². The van der Waals surface area contributed by atoms with Crippen molar-refractivity contribution >= 4 is 46.4 Å². The summed E-state index contributed by atoms with van der Waals surface area (Å²) in [6.07, 6.45) is 3.78. The van der Waals surface area contributed by atoms with Gasteiger partial charge in [0, 0.05) is 10.6 Å². The van der Waals surface area contributed by atoms with Crippen LogP contribution in [0.2, 0.25) is 0 Å². The summed E-state index contributed by atoms with van der Waals surface area (Å²) in [7, 11) is 0. The molecule has 1 fully saturated rings. The third-order valence-corrected chi connectivity index (χ3v) is 5.15. The Bertz CT molecular complexity index is 773. The zero-order valence-corrected chi connectivity index (χ0v) is 14.7. The number of benzene rings is 2. The average Bonchev–Trinajstić information content (AvgIpc) is 2.88. The van der Waals surface area contributed by atoms with Gasteiger partial charge >= 0.3 is 0 Å². The molecule has 1 heterocycles. The molecule has 6 heteroatoms. The summed E-state index contributed by atoms with van der Waals surface area (Å²) in [4.78, 5) is 27.4. The van der Waals surface area contributed by atoms with Gasteiger partial charge in [-0.25, -0.2) is 0 Å². The highest BCUT2D eigenvalue weighted by Crippen LogP contribution is 2.32. The maximum absolute atomic E-state index is 12.4. The number of hydrogen-bond acceptors (Lipinski definition) is 5. The number of nitrogens with one attached hydrogen (secondary N) is 1. The van der Waals surface area contributed by atoms with E-state index in [9.17, 15) is 9.59 Å². The van der Waals surface area contributed by atoms with Gasteiger partial charge in [0.1, 0.15) is 0 Å². The molecular weight excluding hydrogens is 340 g/mol. The molecule has 1 aliphatic heterocycles. The van der Waals surface area contributed by atoms with Gasteiger partial charge in [0.15, 0.2) is 0 Å². The predicted octanol–water partition coefficient (Wildman–Crippen LogP) is 4.51. The van der Waals surface area contributed by atoms with Gasteiger partial charge in [-0.1, -0.05) is 30.3 Å². The Morgan fingerprint density at radius 3 is 2.46 bits per heavy atom. The molecule has 0 spiro atoms. The Kier molecular flexibility index (Phi) is 5.27. The largest absolute Gasteiger partial charge is 0.367 e. The van der Waals surface area contributed by atoms with Crippen molar-refractivity contribution in [3.8, 4) is 0 Å². The molecule has 1 N–H and O–H groups in total. The Hall–Kier alpha value is -2.18. The van der Waals surface area contributed by atoms with Gasteiger partial charge in [-0.15, -0.1) is 11.8 Å². The predicted molar refractivity (Wildman–Crippen MR) is 101 cm³/mol. The monoisotopic (exact) mass is 356 g/mol. The standard InChI is InChI=1S/C18H16N2O2S2/c1-23-15-9-7-13(8-10-15)11-16-17(21)20(18(22)24-16)12-19-14-5-3-2-4-6-14/h2-11,19H,12H2,1H3/b16-11+. The van der Waals surface area contributed by atoms with Crippen molar-refractivity contribution in [1.82, 2.24) is 4.90 Å². The van der Waals surface area contributed by atoms with Crippen LogP contribution in [0.15, 0.2) is 64.4 Å². The van der Waals surface area contributed by atoms with Gasteiger partial charge in [0.2, 0.25) is 0 Å². The fourth-order valence-corrected chi connectivity index (χ4v) is 3.46. The SMILES string of the molecule is CSc1ccc(/C=C2/SC(=O)N(CNc3ccccc3)C2=O)cc1. The number of nitrogens with zero attached hydrogens (tertiary/aromatic N) is 1. The van der Waals surface area contributed by atoms with Crippen LogP contribution in [-0.4, -0.2) is 29.0 Å². The minimum absolute atomic E-state index is 0.164. The maximum atomic E-state index is 12.4. The van der Waals surface area contributed by atoms with Gasteiger partial charge in [-0.3, -0.25) is 14.5 Å². The smallest absolute Gasteiger partial charge is 0.295 e. The highest BCUT2D eigenvalue weighted by atomic mass is 32.2. The number of carbonyl (C=O) groups is 2. The van der Waals surface area contributed by atoms with Crippen LogP contribution in [0, 0.1) is 0 Å². The number of imide groups is 1. The zero-order valence-electron chi connectivity index (χ0n) is 13.1. The minimum atomic E-state index is -0.262. The first kappa shape index (κ1) is 16.7. The summed E-state index contributed by atoms with van der Waals surface area (Å²) in [5, 5.41) is 2.83. The van der Waals surface area contributed by atoms with Gasteiger partial charge in [-0.05, 0) is 53.9 Å². The number of para-hydroxylation sites is 1. The quantitative estimate of drug-likeness (QED) is 0.631. The van der Waals surface area contributed by atoms with Crippen LogP contribution in [0.1, 0.15) is 5.56 Å². The van der Waals surface area contributed by atoms with Crippen molar-refractivity contribution < 1.29 is 9.59 Å². The van der Waals surface area contributed by atoms with Crippen molar-refractivity contribution in [3.63, 3.8) is 0 Å². The van der Waals surface area contributed by atoms with Crippen molar-refractivity contribution in [2.75, 3.05) is 18.2 Å². The lowest BCUT2D eigenvalue weighted by Gasteiger charge is -2.14. The first-order valence-corrected chi connectivity index (χ1v) is 9.40. The molecule has 0 atom stereocenters. The van der Waals surface area contributed by atoms with Crippen LogP contribution in [0.3, 0.4) is 0 Å². The second-order valence-electron chi connectivity index (χ2n) is 5.08. The average molecular weight is 356 g/mol. The molecular formula is C18H16N2O2S2. The third kappa shape index (κ3) is 3.83. The number of rotatable bonds is 5. The van der Waals surface area contributed by atoms with Crippen LogP contribution in [0.5, 0.6) is 0 Å². The van der Waals surface area contributed by atoms with Crippen molar-refractivity contribution in [2.45, 2.75) is 4.90 Å². The molecule has 0 bridgehead atoms. The Morgan fingerprint density at radius 1 is 1.08 bits per heavy atom. The van der Waals surface area contributed by atoms with E-state index in [1.54, 1.807) is 17.8 Å². The molecule has 0 aliphatic carbocycles. The molecule has 0 unspecified atom stereocenters. The van der Waals surface area contributed by atoms with Crippen LogP contribution in [0.25, 0.3) is 6.08 Å². The van der Waals surface area contributed by atoms with E-state index in [0.29, 0.717) is 4.91 Å². The lowest BCUT2D eigenvalue weighted by molar-refractivity contribution is -0.122. The van der Waals surface area contributed by atoms with Crippen molar-refractivity contribution in [1.29, 1.82) is 0 Å². The number of hydrogen-bond donors (Lipinski definition) is 1.